The second-order valence-corrected chi connectivity index (χ2v) is 8.51. The van der Waals surface area contributed by atoms with Gasteiger partial charge in [-0.15, -0.1) is 0 Å². The number of ether oxygens (including phenoxy) is 1. The van der Waals surface area contributed by atoms with E-state index < -0.39 is 10.0 Å². The largest absolute Gasteiger partial charge is 0.497 e. The van der Waals surface area contributed by atoms with Crippen molar-refractivity contribution < 1.29 is 13.2 Å². The molecule has 0 bridgehead atoms. The van der Waals surface area contributed by atoms with E-state index in [1.54, 1.807) is 14.2 Å². The van der Waals surface area contributed by atoms with E-state index >= 15 is 0 Å². The molecule has 3 rings (SSSR count). The van der Waals surface area contributed by atoms with E-state index in [-0.39, 0.29) is 10.3 Å². The summed E-state index contributed by atoms with van der Waals surface area (Å²) in [5, 5.41) is 3.96. The van der Waals surface area contributed by atoms with Gasteiger partial charge in [-0.05, 0) is 30.5 Å². The summed E-state index contributed by atoms with van der Waals surface area (Å²) >= 11 is 0. The minimum atomic E-state index is -3.56. The molecule has 0 atom stereocenters. The molecule has 1 aromatic heterocycles. The molecule has 1 heterocycles. The van der Waals surface area contributed by atoms with Crippen molar-refractivity contribution in [3.05, 3.63) is 42.2 Å². The number of rotatable bonds is 6. The first-order valence-corrected chi connectivity index (χ1v) is 10.1. The molecule has 1 N–H and O–H groups in total. The normalized spacial score (nSPS) is 17.4. The third-order valence-corrected chi connectivity index (χ3v) is 6.46. The number of aryl methyl sites for hydroxylation is 1. The van der Waals surface area contributed by atoms with Crippen molar-refractivity contribution >= 4 is 10.0 Å². The van der Waals surface area contributed by atoms with Gasteiger partial charge in [0.15, 0.2) is 0 Å². The summed E-state index contributed by atoms with van der Waals surface area (Å²) in [6.07, 6.45) is 8.28. The fraction of sp³-hybridized carbons (Fsp3) is 0.500. The molecule has 1 saturated carbocycles. The van der Waals surface area contributed by atoms with Gasteiger partial charge in [0.2, 0.25) is 10.0 Å². The summed E-state index contributed by atoms with van der Waals surface area (Å²) in [5.74, 6) is 0.811. The second-order valence-electron chi connectivity index (χ2n) is 6.74. The molecule has 2 aromatic rings. The highest BCUT2D eigenvalue weighted by Gasteiger charge is 2.35. The number of benzene rings is 1. The fourth-order valence-corrected chi connectivity index (χ4v) is 4.70. The van der Waals surface area contributed by atoms with Crippen LogP contribution in [0.2, 0.25) is 0 Å². The summed E-state index contributed by atoms with van der Waals surface area (Å²) in [7, 11) is -0.202. The molecule has 25 heavy (non-hydrogen) atoms. The smallest absolute Gasteiger partial charge is 0.243 e. The SMILES string of the molecule is COc1ccc(C2(CNS(=O)(=O)c3cnn(C)c3)CCCCC2)cc1. The van der Waals surface area contributed by atoms with E-state index in [1.165, 1.54) is 29.1 Å². The molecule has 0 amide bonds. The first-order valence-electron chi connectivity index (χ1n) is 8.58. The molecule has 0 radical (unpaired) electrons. The standard InChI is InChI=1S/C18H25N3O3S/c1-21-13-17(12-19-21)25(22,23)20-14-18(10-4-3-5-11-18)15-6-8-16(24-2)9-7-15/h6-9,12-13,20H,3-5,10-11,14H2,1-2H3. The Bertz CT molecular complexity index is 806. The molecule has 0 unspecified atom stereocenters. The van der Waals surface area contributed by atoms with E-state index in [9.17, 15) is 8.42 Å². The van der Waals surface area contributed by atoms with Gasteiger partial charge >= 0.3 is 0 Å². The maximum absolute atomic E-state index is 12.6. The minimum Gasteiger partial charge on any atom is -0.497 e. The lowest BCUT2D eigenvalue weighted by Crippen LogP contribution is -2.42. The number of methoxy groups -OCH3 is 1. The van der Waals surface area contributed by atoms with Crippen LogP contribution in [0.4, 0.5) is 0 Å². The number of sulfonamides is 1. The molecule has 136 valence electrons. The van der Waals surface area contributed by atoms with Crippen LogP contribution in [0.15, 0.2) is 41.6 Å². The van der Waals surface area contributed by atoms with Crippen molar-refractivity contribution in [1.29, 1.82) is 0 Å². The highest BCUT2D eigenvalue weighted by Crippen LogP contribution is 2.39. The Kier molecular flexibility index (Phi) is 5.15. The van der Waals surface area contributed by atoms with Gasteiger partial charge in [0.1, 0.15) is 10.6 Å². The van der Waals surface area contributed by atoms with Gasteiger partial charge in [-0.1, -0.05) is 31.4 Å². The molecule has 1 aliphatic carbocycles. The van der Waals surface area contributed by atoms with Gasteiger partial charge in [0, 0.05) is 25.2 Å². The molecule has 0 saturated heterocycles. The van der Waals surface area contributed by atoms with E-state index in [1.807, 2.05) is 12.1 Å². The lowest BCUT2D eigenvalue weighted by Gasteiger charge is -2.38. The summed E-state index contributed by atoms with van der Waals surface area (Å²) in [5.41, 5.74) is 1.00. The molecule has 1 aliphatic rings. The second kappa shape index (κ2) is 7.17. The fourth-order valence-electron chi connectivity index (χ4n) is 3.59. The van der Waals surface area contributed by atoms with Gasteiger partial charge in [0.05, 0.1) is 13.3 Å². The zero-order valence-corrected chi connectivity index (χ0v) is 15.6. The lowest BCUT2D eigenvalue weighted by atomic mass is 9.69. The number of nitrogens with one attached hydrogen (secondary N) is 1. The first-order chi connectivity index (χ1) is 12.0. The highest BCUT2D eigenvalue weighted by atomic mass is 32.2. The highest BCUT2D eigenvalue weighted by molar-refractivity contribution is 7.89. The van der Waals surface area contributed by atoms with Crippen molar-refractivity contribution in [1.82, 2.24) is 14.5 Å². The summed E-state index contributed by atoms with van der Waals surface area (Å²) in [6.45, 7) is 0.399. The van der Waals surface area contributed by atoms with Crippen LogP contribution in [-0.2, 0) is 22.5 Å². The van der Waals surface area contributed by atoms with Crippen molar-refractivity contribution in [3.63, 3.8) is 0 Å². The Hall–Kier alpha value is -1.86. The van der Waals surface area contributed by atoms with Gasteiger partial charge in [0.25, 0.3) is 0 Å². The molecule has 6 nitrogen and oxygen atoms in total. The van der Waals surface area contributed by atoms with Crippen molar-refractivity contribution in [2.45, 2.75) is 42.4 Å². The maximum Gasteiger partial charge on any atom is 0.243 e. The van der Waals surface area contributed by atoms with Gasteiger partial charge < -0.3 is 4.74 Å². The van der Waals surface area contributed by atoms with Crippen LogP contribution >= 0.6 is 0 Å². The summed E-state index contributed by atoms with van der Waals surface area (Å²) in [6, 6.07) is 8.01. The molecular formula is C18H25N3O3S. The van der Waals surface area contributed by atoms with Crippen molar-refractivity contribution in [2.24, 2.45) is 7.05 Å². The number of hydrogen-bond donors (Lipinski definition) is 1. The Morgan fingerprint density at radius 1 is 1.20 bits per heavy atom. The van der Waals surface area contributed by atoms with Crippen LogP contribution in [0, 0.1) is 0 Å². The van der Waals surface area contributed by atoms with Crippen LogP contribution in [-0.4, -0.2) is 31.9 Å². The molecule has 1 aromatic carbocycles. The van der Waals surface area contributed by atoms with E-state index in [0.717, 1.165) is 31.4 Å². The summed E-state index contributed by atoms with van der Waals surface area (Å²) in [4.78, 5) is 0.204. The van der Waals surface area contributed by atoms with Gasteiger partial charge in [-0.3, -0.25) is 4.68 Å². The van der Waals surface area contributed by atoms with E-state index in [0.29, 0.717) is 6.54 Å². The van der Waals surface area contributed by atoms with Gasteiger partial charge in [-0.25, -0.2) is 13.1 Å². The zero-order chi connectivity index (χ0) is 17.9. The van der Waals surface area contributed by atoms with Crippen LogP contribution in [0.1, 0.15) is 37.7 Å². The Morgan fingerprint density at radius 3 is 2.44 bits per heavy atom. The Labute approximate surface area is 149 Å². The quantitative estimate of drug-likeness (QED) is 0.856. The third kappa shape index (κ3) is 3.88. The Balaban J connectivity index is 1.83. The monoisotopic (exact) mass is 363 g/mol. The van der Waals surface area contributed by atoms with Crippen LogP contribution < -0.4 is 9.46 Å². The van der Waals surface area contributed by atoms with Crippen LogP contribution in [0.25, 0.3) is 0 Å². The predicted octanol–water partition coefficient (Wildman–Crippen LogP) is 2.61. The lowest BCUT2D eigenvalue weighted by molar-refractivity contribution is 0.292. The Morgan fingerprint density at radius 2 is 1.88 bits per heavy atom. The zero-order valence-electron chi connectivity index (χ0n) is 14.7. The van der Waals surface area contributed by atoms with Crippen molar-refractivity contribution in [3.8, 4) is 5.75 Å². The molecular weight excluding hydrogens is 338 g/mol. The van der Waals surface area contributed by atoms with Crippen LogP contribution in [0.3, 0.4) is 0 Å². The number of aromatic nitrogens is 2. The van der Waals surface area contributed by atoms with E-state index in [4.69, 9.17) is 4.74 Å². The van der Waals surface area contributed by atoms with E-state index in [2.05, 4.69) is 22.0 Å². The molecule has 0 aliphatic heterocycles. The van der Waals surface area contributed by atoms with Crippen molar-refractivity contribution in [2.75, 3.05) is 13.7 Å². The predicted molar refractivity (Wildman–Crippen MR) is 96.2 cm³/mol. The minimum absolute atomic E-state index is 0.167. The maximum atomic E-state index is 12.6. The number of hydrogen-bond acceptors (Lipinski definition) is 4. The van der Waals surface area contributed by atoms with Gasteiger partial charge in [-0.2, -0.15) is 5.10 Å². The topological polar surface area (TPSA) is 73.2 Å². The first kappa shape index (κ1) is 17.9. The third-order valence-electron chi connectivity index (χ3n) is 5.11. The average molecular weight is 363 g/mol. The van der Waals surface area contributed by atoms with Crippen LogP contribution in [0.5, 0.6) is 5.75 Å². The molecule has 7 heteroatoms. The molecule has 0 spiro atoms. The number of nitrogens with zero attached hydrogens (tertiary/aromatic N) is 2. The molecule has 1 fully saturated rings. The average Bonchev–Trinajstić information content (AvgIpc) is 3.08. The summed E-state index contributed by atoms with van der Waals surface area (Å²) < 4.78 is 34.7.